The van der Waals surface area contributed by atoms with E-state index in [4.69, 9.17) is 9.47 Å². The first-order chi connectivity index (χ1) is 10.8. The molecule has 0 aliphatic carbocycles. The molecule has 114 valence electrons. The van der Waals surface area contributed by atoms with E-state index in [0.29, 0.717) is 13.2 Å². The number of benzene rings is 2. The monoisotopic (exact) mass is 296 g/mol. The van der Waals surface area contributed by atoms with Crippen LogP contribution in [0.1, 0.15) is 25.0 Å². The van der Waals surface area contributed by atoms with Gasteiger partial charge < -0.3 is 9.47 Å². The summed E-state index contributed by atoms with van der Waals surface area (Å²) in [5, 5.41) is 8.12. The van der Waals surface area contributed by atoms with Crippen LogP contribution in [0.5, 0.6) is 11.5 Å². The van der Waals surface area contributed by atoms with Crippen LogP contribution in [-0.4, -0.2) is 25.6 Å². The van der Waals surface area contributed by atoms with Crippen LogP contribution in [0, 0.1) is 0 Å². The Hall–Kier alpha value is -2.62. The van der Waals surface area contributed by atoms with Crippen LogP contribution >= 0.6 is 0 Å². The summed E-state index contributed by atoms with van der Waals surface area (Å²) in [5.74, 6) is 1.67. The van der Waals surface area contributed by atoms with Gasteiger partial charge in [0.25, 0.3) is 0 Å². The molecule has 0 saturated carbocycles. The van der Waals surface area contributed by atoms with Crippen molar-refractivity contribution in [3.05, 3.63) is 59.7 Å². The van der Waals surface area contributed by atoms with E-state index in [2.05, 4.69) is 10.2 Å². The summed E-state index contributed by atoms with van der Waals surface area (Å²) in [7, 11) is 0. The van der Waals surface area contributed by atoms with Crippen molar-refractivity contribution in [3.63, 3.8) is 0 Å². The van der Waals surface area contributed by atoms with Crippen LogP contribution in [0.25, 0.3) is 0 Å². The quantitative estimate of drug-likeness (QED) is 0.574. The minimum atomic E-state index is 0.648. The van der Waals surface area contributed by atoms with Crippen molar-refractivity contribution >= 4 is 12.4 Å². The van der Waals surface area contributed by atoms with E-state index < -0.39 is 0 Å². The van der Waals surface area contributed by atoms with Crippen molar-refractivity contribution in [1.29, 1.82) is 0 Å². The summed E-state index contributed by atoms with van der Waals surface area (Å²) in [6.07, 6.45) is 3.40. The molecule has 4 heteroatoms. The van der Waals surface area contributed by atoms with Gasteiger partial charge in [-0.25, -0.2) is 0 Å². The molecular formula is C18H20N2O2. The Morgan fingerprint density at radius 1 is 0.773 bits per heavy atom. The van der Waals surface area contributed by atoms with E-state index in [1.807, 2.05) is 62.4 Å². The van der Waals surface area contributed by atoms with Gasteiger partial charge in [0.15, 0.2) is 0 Å². The Kier molecular flexibility index (Phi) is 6.18. The highest BCUT2D eigenvalue weighted by molar-refractivity contribution is 5.83. The van der Waals surface area contributed by atoms with Crippen LogP contribution in [0.4, 0.5) is 0 Å². The second-order valence-corrected chi connectivity index (χ2v) is 4.50. The van der Waals surface area contributed by atoms with Crippen molar-refractivity contribution in [2.75, 3.05) is 13.2 Å². The molecule has 2 rings (SSSR count). The SMILES string of the molecule is CCOc1cccc(/C=N\N=C\c2cccc(OCC)c2)c1. The summed E-state index contributed by atoms with van der Waals surface area (Å²) >= 11 is 0. The van der Waals surface area contributed by atoms with Gasteiger partial charge in [-0.3, -0.25) is 0 Å². The average Bonchev–Trinajstić information content (AvgIpc) is 2.53. The zero-order valence-electron chi connectivity index (χ0n) is 12.9. The largest absolute Gasteiger partial charge is 0.494 e. The molecule has 4 nitrogen and oxygen atoms in total. The molecular weight excluding hydrogens is 276 g/mol. The van der Waals surface area contributed by atoms with Gasteiger partial charge in [-0.1, -0.05) is 24.3 Å². The lowest BCUT2D eigenvalue weighted by Crippen LogP contribution is -1.92. The van der Waals surface area contributed by atoms with Crippen molar-refractivity contribution in [2.24, 2.45) is 10.2 Å². The topological polar surface area (TPSA) is 43.2 Å². The van der Waals surface area contributed by atoms with E-state index in [1.165, 1.54) is 0 Å². The molecule has 0 atom stereocenters. The zero-order chi connectivity index (χ0) is 15.6. The molecule has 0 aromatic heterocycles. The highest BCUT2D eigenvalue weighted by atomic mass is 16.5. The molecule has 0 saturated heterocycles. The van der Waals surface area contributed by atoms with Crippen LogP contribution in [0.2, 0.25) is 0 Å². The Bertz CT molecular complexity index is 594. The van der Waals surface area contributed by atoms with Gasteiger partial charge in [0.2, 0.25) is 0 Å². The smallest absolute Gasteiger partial charge is 0.119 e. The van der Waals surface area contributed by atoms with Gasteiger partial charge in [-0.05, 0) is 49.2 Å². The van der Waals surface area contributed by atoms with Gasteiger partial charge in [-0.15, -0.1) is 0 Å². The predicted molar refractivity (Wildman–Crippen MR) is 90.4 cm³/mol. The maximum Gasteiger partial charge on any atom is 0.119 e. The van der Waals surface area contributed by atoms with Crippen LogP contribution < -0.4 is 9.47 Å². The standard InChI is InChI=1S/C18H20N2O2/c1-3-21-17-9-5-7-15(11-17)13-19-20-14-16-8-6-10-18(12-16)22-4-2/h5-14H,3-4H2,1-2H3/b19-13-,20-14+. The number of rotatable bonds is 7. The second kappa shape index (κ2) is 8.62. The molecule has 0 spiro atoms. The molecule has 2 aromatic carbocycles. The highest BCUT2D eigenvalue weighted by Gasteiger charge is 1.94. The predicted octanol–water partition coefficient (Wildman–Crippen LogP) is 3.94. The van der Waals surface area contributed by atoms with Crippen LogP contribution in [-0.2, 0) is 0 Å². The fourth-order valence-electron chi connectivity index (χ4n) is 1.90. The third kappa shape index (κ3) is 5.05. The number of hydrogen-bond donors (Lipinski definition) is 0. The summed E-state index contributed by atoms with van der Waals surface area (Å²) in [6.45, 7) is 5.21. The van der Waals surface area contributed by atoms with Gasteiger partial charge in [0.1, 0.15) is 11.5 Å². The Labute approximate surface area is 131 Å². The first-order valence-corrected chi connectivity index (χ1v) is 7.34. The molecule has 22 heavy (non-hydrogen) atoms. The lowest BCUT2D eigenvalue weighted by Gasteiger charge is -2.02. The molecule has 0 unspecified atom stereocenters. The van der Waals surface area contributed by atoms with E-state index >= 15 is 0 Å². The number of ether oxygens (including phenoxy) is 2. The van der Waals surface area contributed by atoms with E-state index in [0.717, 1.165) is 22.6 Å². The van der Waals surface area contributed by atoms with E-state index in [1.54, 1.807) is 12.4 Å². The molecule has 2 aromatic rings. The fourth-order valence-corrected chi connectivity index (χ4v) is 1.90. The number of hydrogen-bond acceptors (Lipinski definition) is 4. The van der Waals surface area contributed by atoms with Gasteiger partial charge in [-0.2, -0.15) is 10.2 Å². The summed E-state index contributed by atoms with van der Waals surface area (Å²) < 4.78 is 10.9. The Balaban J connectivity index is 1.99. The second-order valence-electron chi connectivity index (χ2n) is 4.50. The molecule has 0 fully saturated rings. The van der Waals surface area contributed by atoms with Gasteiger partial charge >= 0.3 is 0 Å². The Morgan fingerprint density at radius 3 is 1.64 bits per heavy atom. The van der Waals surface area contributed by atoms with Crippen LogP contribution in [0.15, 0.2) is 58.7 Å². The first kappa shape index (κ1) is 15.8. The third-order valence-electron chi connectivity index (χ3n) is 2.82. The van der Waals surface area contributed by atoms with Crippen molar-refractivity contribution in [1.82, 2.24) is 0 Å². The lowest BCUT2D eigenvalue weighted by molar-refractivity contribution is 0.340. The van der Waals surface area contributed by atoms with Crippen molar-refractivity contribution in [2.45, 2.75) is 13.8 Å². The average molecular weight is 296 g/mol. The molecule has 0 N–H and O–H groups in total. The highest BCUT2D eigenvalue weighted by Crippen LogP contribution is 2.13. The van der Waals surface area contributed by atoms with Gasteiger partial charge in [0.05, 0.1) is 25.6 Å². The normalized spacial score (nSPS) is 11.2. The molecule has 0 aliphatic rings. The summed E-state index contributed by atoms with van der Waals surface area (Å²) in [6, 6.07) is 15.5. The van der Waals surface area contributed by atoms with E-state index in [-0.39, 0.29) is 0 Å². The fraction of sp³-hybridized carbons (Fsp3) is 0.222. The molecule has 0 radical (unpaired) electrons. The van der Waals surface area contributed by atoms with Crippen molar-refractivity contribution < 1.29 is 9.47 Å². The Morgan fingerprint density at radius 2 is 1.23 bits per heavy atom. The maximum absolute atomic E-state index is 5.44. The zero-order valence-corrected chi connectivity index (χ0v) is 12.9. The lowest BCUT2D eigenvalue weighted by atomic mass is 10.2. The van der Waals surface area contributed by atoms with Crippen molar-refractivity contribution in [3.8, 4) is 11.5 Å². The minimum Gasteiger partial charge on any atom is -0.494 e. The molecule has 0 aliphatic heterocycles. The minimum absolute atomic E-state index is 0.648. The first-order valence-electron chi connectivity index (χ1n) is 7.34. The maximum atomic E-state index is 5.44. The molecule has 0 bridgehead atoms. The molecule has 0 amide bonds. The van der Waals surface area contributed by atoms with Crippen LogP contribution in [0.3, 0.4) is 0 Å². The summed E-state index contributed by atoms with van der Waals surface area (Å²) in [5.41, 5.74) is 1.90. The molecule has 0 heterocycles. The van der Waals surface area contributed by atoms with Gasteiger partial charge in [0, 0.05) is 0 Å². The summed E-state index contributed by atoms with van der Waals surface area (Å²) in [4.78, 5) is 0. The number of nitrogens with zero attached hydrogens (tertiary/aromatic N) is 2. The third-order valence-corrected chi connectivity index (χ3v) is 2.82. The van der Waals surface area contributed by atoms with E-state index in [9.17, 15) is 0 Å².